The van der Waals surface area contributed by atoms with E-state index < -0.39 is 0 Å². The van der Waals surface area contributed by atoms with Crippen molar-refractivity contribution < 1.29 is 0 Å². The van der Waals surface area contributed by atoms with Gasteiger partial charge in [0.25, 0.3) is 0 Å². The highest BCUT2D eigenvalue weighted by Gasteiger charge is 2.20. The van der Waals surface area contributed by atoms with E-state index in [9.17, 15) is 5.26 Å². The minimum atomic E-state index is 0.593. The predicted octanol–water partition coefficient (Wildman–Crippen LogP) is 30.0. The van der Waals surface area contributed by atoms with Gasteiger partial charge in [0.2, 0.25) is 0 Å². The van der Waals surface area contributed by atoms with Crippen molar-refractivity contribution in [3.8, 4) is 151 Å². The summed E-state index contributed by atoms with van der Waals surface area (Å²) in [7, 11) is 0. The molecule has 0 saturated carbocycles. The van der Waals surface area contributed by atoms with Crippen molar-refractivity contribution in [3.63, 3.8) is 0 Å². The quantitative estimate of drug-likeness (QED) is 0.106. The van der Waals surface area contributed by atoms with Crippen LogP contribution in [0.2, 0.25) is 0 Å². The van der Waals surface area contributed by atoms with Crippen LogP contribution < -0.4 is 0 Å². The van der Waals surface area contributed by atoms with Crippen molar-refractivity contribution in [2.45, 2.75) is 69.2 Å². The third kappa shape index (κ3) is 20.4. The van der Waals surface area contributed by atoms with Crippen LogP contribution in [-0.2, 0) is 0 Å². The van der Waals surface area contributed by atoms with Gasteiger partial charge in [0, 0.05) is 84.2 Å². The average Bonchev–Trinajstić information content (AvgIpc) is 1.72. The zero-order valence-corrected chi connectivity index (χ0v) is 70.5. The van der Waals surface area contributed by atoms with Crippen molar-refractivity contribution in [2.75, 3.05) is 0 Å². The minimum Gasteiger partial charge on any atom is -0.265 e. The molecule has 0 N–H and O–H groups in total. The van der Waals surface area contributed by atoms with E-state index in [1.54, 1.807) is 0 Å². The van der Waals surface area contributed by atoms with Crippen molar-refractivity contribution in [1.29, 1.82) is 5.26 Å². The first-order chi connectivity index (χ1) is 59.5. The normalized spacial score (nSPS) is 10.5. The molecule has 0 fully saturated rings. The van der Waals surface area contributed by atoms with Crippen LogP contribution in [0.15, 0.2) is 390 Å². The third-order valence-electron chi connectivity index (χ3n) is 21.4. The van der Waals surface area contributed by atoms with Crippen LogP contribution in [0.1, 0.15) is 61.2 Å². The zero-order valence-electron chi connectivity index (χ0n) is 70.5. The third-order valence-corrected chi connectivity index (χ3v) is 21.4. The molecule has 0 spiro atoms. The molecule has 0 saturated heterocycles. The summed E-state index contributed by atoms with van der Waals surface area (Å²) in [6.45, 7) is 28.2. The van der Waals surface area contributed by atoms with Gasteiger partial charge in [-0.05, 0) is 265 Å². The van der Waals surface area contributed by atoms with E-state index in [4.69, 9.17) is 6.57 Å². The molecule has 0 atom stereocenters. The molecule has 0 aliphatic rings. The Hall–Kier alpha value is -15.5. The average molecular weight is 1580 g/mol. The number of hydrogen-bond donors (Lipinski definition) is 0. The Morgan fingerprint density at radius 3 is 0.770 bits per heavy atom. The van der Waals surface area contributed by atoms with Gasteiger partial charge in [-0.15, -0.1) is 0 Å². The van der Waals surface area contributed by atoms with Crippen LogP contribution >= 0.6 is 0 Å². The molecule has 8 heteroatoms. The van der Waals surface area contributed by atoms with Gasteiger partial charge in [-0.3, -0.25) is 29.9 Å². The molecule has 0 amide bonds. The first kappa shape index (κ1) is 83.0. The van der Waals surface area contributed by atoms with Gasteiger partial charge >= 0.3 is 0 Å². The molecule has 8 nitrogen and oxygen atoms in total. The number of aromatic nitrogens is 6. The molecule has 590 valence electrons. The maximum Gasteiger partial charge on any atom is 0.195 e. The monoisotopic (exact) mass is 1570 g/mol. The lowest BCUT2D eigenvalue weighted by atomic mass is 9.88. The summed E-state index contributed by atoms with van der Waals surface area (Å²) in [5.41, 5.74) is 43.5. The number of nitriles is 1. The fraction of sp³-hybridized carbons (Fsp3) is 0.0877. The van der Waals surface area contributed by atoms with Gasteiger partial charge in [0.15, 0.2) is 5.69 Å². The zero-order chi connectivity index (χ0) is 84.9. The van der Waals surface area contributed by atoms with Gasteiger partial charge in [0.1, 0.15) is 0 Å². The number of benzene rings is 12. The van der Waals surface area contributed by atoms with Gasteiger partial charge < -0.3 is 0 Å². The van der Waals surface area contributed by atoms with Crippen LogP contribution in [-0.4, -0.2) is 29.9 Å². The number of nitrogens with zero attached hydrogens (tertiary/aromatic N) is 8. The lowest BCUT2D eigenvalue weighted by molar-refractivity contribution is 1.31. The summed E-state index contributed by atoms with van der Waals surface area (Å²) < 4.78 is 0. The Labute approximate surface area is 718 Å². The SMILES string of the molecule is Cc1ccc(-c2ccc(C)cc2-c2ccccc2)c(-c2ccccc2)c1.Cc1ccc(-c2ccc(C)cc2-c2ccccn2)c(-c2ccccn2)c1.Cc1ccc(-c2ccc(C)cc2-c2cccnc2)c(-c2cccnc2)c1.Cc1ccc(-c2ccc(C)cc2-c2ccncc2)c(-c2ccncc2)c1.[C-]#[N+]c1cc(C)ccc1-c1ccc(C)cc1C#N. The number of aryl methyl sites for hydroxylation is 10. The predicted molar refractivity (Wildman–Crippen MR) is 508 cm³/mol. The summed E-state index contributed by atoms with van der Waals surface area (Å²) in [6, 6.07) is 117. The van der Waals surface area contributed by atoms with Crippen LogP contribution in [0.5, 0.6) is 0 Å². The Kier molecular flexibility index (Phi) is 27.0. The largest absolute Gasteiger partial charge is 0.265 e. The van der Waals surface area contributed by atoms with Crippen LogP contribution in [0.3, 0.4) is 0 Å². The summed E-state index contributed by atoms with van der Waals surface area (Å²) >= 11 is 0. The van der Waals surface area contributed by atoms with Gasteiger partial charge in [0.05, 0.1) is 29.6 Å². The van der Waals surface area contributed by atoms with E-state index in [-0.39, 0.29) is 0 Å². The standard InChI is InChI=1S/C26H22.3C24H20N2.C16H12N2/c1-19-13-15-23(25(17-19)21-9-5-3-6-10-21)24-16-14-20(2)18-26(24)22-11-7-4-8-12-22;1-17-3-5-21(23(15-17)19-7-11-25-12-8-19)22-6-4-18(2)16-24(22)20-9-13-26-14-10-20;1-17-7-9-21(23(13-17)19-5-3-11-25-15-19)22-10-8-18(2)14-24(22)20-6-4-12-26-16-20;1-17-9-11-19(21(15-17)23-7-3-5-13-25-23)20-12-10-18(2)16-22(20)24-8-4-6-14-26-24;1-11-4-6-14(13(8-11)10-17)15-7-5-12(2)9-16(15)18-3/h3-18H,1-2H3;3*3-16H,1-2H3;4-9H,1-2H3. The Balaban J connectivity index is 0.000000125. The van der Waals surface area contributed by atoms with Gasteiger partial charge in [-0.1, -0.05) is 299 Å². The number of hydrogen-bond acceptors (Lipinski definition) is 7. The molecule has 12 aromatic carbocycles. The maximum absolute atomic E-state index is 9.19. The summed E-state index contributed by atoms with van der Waals surface area (Å²) in [4.78, 5) is 29.7. The smallest absolute Gasteiger partial charge is 0.195 e. The van der Waals surface area contributed by atoms with E-state index in [2.05, 4.69) is 351 Å². The molecule has 0 aliphatic carbocycles. The van der Waals surface area contributed by atoms with Gasteiger partial charge in [-0.2, -0.15) is 5.26 Å². The summed E-state index contributed by atoms with van der Waals surface area (Å²) in [5, 5.41) is 9.19. The number of rotatable bonds is 13. The van der Waals surface area contributed by atoms with E-state index in [0.29, 0.717) is 11.3 Å². The molecule has 6 aromatic heterocycles. The minimum absolute atomic E-state index is 0.593. The second-order valence-corrected chi connectivity index (χ2v) is 30.8. The van der Waals surface area contributed by atoms with Crippen LogP contribution in [0.4, 0.5) is 5.69 Å². The molecule has 0 radical (unpaired) electrons. The summed E-state index contributed by atoms with van der Waals surface area (Å²) in [6.07, 6.45) is 18.6. The van der Waals surface area contributed by atoms with Crippen molar-refractivity contribution in [1.82, 2.24) is 29.9 Å². The van der Waals surface area contributed by atoms with Crippen molar-refractivity contribution >= 4 is 5.69 Å². The molecular weight excluding hydrogens is 1480 g/mol. The Morgan fingerprint density at radius 1 is 0.213 bits per heavy atom. The first-order valence-electron chi connectivity index (χ1n) is 41.0. The topological polar surface area (TPSA) is 105 Å². The molecule has 6 heterocycles. The van der Waals surface area contributed by atoms with Gasteiger partial charge in [-0.25, -0.2) is 4.85 Å². The van der Waals surface area contributed by atoms with Crippen molar-refractivity contribution in [2.24, 2.45) is 0 Å². The molecule has 18 rings (SSSR count). The fourth-order valence-electron chi connectivity index (χ4n) is 15.3. The molecule has 0 aliphatic heterocycles. The highest BCUT2D eigenvalue weighted by atomic mass is 14.7. The fourth-order valence-corrected chi connectivity index (χ4v) is 15.3. The molecular formula is C114H94N8. The molecule has 18 aromatic rings. The molecule has 0 bridgehead atoms. The molecule has 122 heavy (non-hydrogen) atoms. The molecule has 0 unspecified atom stereocenters. The first-order valence-corrected chi connectivity index (χ1v) is 41.0. The highest BCUT2D eigenvalue weighted by Crippen LogP contribution is 2.45. The highest BCUT2D eigenvalue weighted by molar-refractivity contribution is 5.96. The second-order valence-electron chi connectivity index (χ2n) is 30.8. The van der Waals surface area contributed by atoms with Crippen LogP contribution in [0.25, 0.3) is 150 Å². The lowest BCUT2D eigenvalue weighted by Crippen LogP contribution is -1.93. The van der Waals surface area contributed by atoms with E-state index >= 15 is 0 Å². The Bertz CT molecular complexity index is 5620. The van der Waals surface area contributed by atoms with E-state index in [1.165, 1.54) is 145 Å². The number of pyridine rings is 6. The van der Waals surface area contributed by atoms with Crippen molar-refractivity contribution in [3.05, 3.63) is 462 Å². The van der Waals surface area contributed by atoms with E-state index in [0.717, 1.165) is 55.9 Å². The second kappa shape index (κ2) is 39.6. The lowest BCUT2D eigenvalue weighted by Gasteiger charge is -2.16. The Morgan fingerprint density at radius 2 is 0.475 bits per heavy atom. The summed E-state index contributed by atoms with van der Waals surface area (Å²) in [5.74, 6) is 0. The maximum atomic E-state index is 9.19. The van der Waals surface area contributed by atoms with E-state index in [1.807, 2.05) is 149 Å². The van der Waals surface area contributed by atoms with Crippen LogP contribution in [0, 0.1) is 87.1 Å².